The van der Waals surface area contributed by atoms with Gasteiger partial charge in [-0.3, -0.25) is 0 Å². The van der Waals surface area contributed by atoms with Crippen LogP contribution in [0, 0.1) is 5.92 Å². The summed E-state index contributed by atoms with van der Waals surface area (Å²) in [4.78, 5) is 4.02. The predicted octanol–water partition coefficient (Wildman–Crippen LogP) is 1.23. The molecule has 0 amide bonds. The maximum Gasteiger partial charge on any atom is 0.0945 e. The molecule has 4 heteroatoms. The molecule has 1 aliphatic heterocycles. The van der Waals surface area contributed by atoms with Gasteiger partial charge in [0.05, 0.1) is 6.33 Å². The third-order valence-corrected chi connectivity index (χ3v) is 3.77. The van der Waals surface area contributed by atoms with Gasteiger partial charge in [0.15, 0.2) is 0 Å². The van der Waals surface area contributed by atoms with E-state index in [1.807, 2.05) is 18.7 Å². The Morgan fingerprint density at radius 2 is 2.43 bits per heavy atom. The molecule has 0 atom stereocenters. The molecular weight excluding hydrogens is 194 g/mol. The van der Waals surface area contributed by atoms with Crippen molar-refractivity contribution < 1.29 is 0 Å². The third kappa shape index (κ3) is 3.03. The fraction of sp³-hybridized carbons (Fsp3) is 0.700. The zero-order valence-corrected chi connectivity index (χ0v) is 9.17. The Balaban J connectivity index is 1.47. The van der Waals surface area contributed by atoms with Crippen LogP contribution < -0.4 is 5.32 Å². The number of aromatic nitrogens is 2. The molecule has 2 heterocycles. The monoisotopic (exact) mass is 211 g/mol. The van der Waals surface area contributed by atoms with Gasteiger partial charge in [-0.15, -0.1) is 0 Å². The Kier molecular flexibility index (Phi) is 3.89. The van der Waals surface area contributed by atoms with E-state index in [2.05, 4.69) is 26.6 Å². The highest BCUT2D eigenvalue weighted by Gasteiger charge is 2.15. The quantitative estimate of drug-likeness (QED) is 0.718. The molecule has 0 saturated carbocycles. The fourth-order valence-corrected chi connectivity index (χ4v) is 2.55. The van der Waals surface area contributed by atoms with E-state index in [0.29, 0.717) is 0 Å². The molecule has 14 heavy (non-hydrogen) atoms. The molecule has 1 aliphatic rings. The minimum atomic E-state index is 0.938. The highest BCUT2D eigenvalue weighted by Crippen LogP contribution is 2.13. The van der Waals surface area contributed by atoms with Crippen molar-refractivity contribution in [1.29, 1.82) is 0 Å². The predicted molar refractivity (Wildman–Crippen MR) is 60.5 cm³/mol. The molecule has 1 saturated heterocycles. The van der Waals surface area contributed by atoms with Crippen molar-refractivity contribution in [3.05, 3.63) is 18.7 Å². The number of nitrogens with zero attached hydrogens (tertiary/aromatic N) is 2. The Hall–Kier alpha value is -0.480. The van der Waals surface area contributed by atoms with E-state index in [1.165, 1.54) is 31.0 Å². The summed E-state index contributed by atoms with van der Waals surface area (Å²) in [5.74, 6) is 3.54. The van der Waals surface area contributed by atoms with Crippen molar-refractivity contribution in [2.45, 2.75) is 13.0 Å². The summed E-state index contributed by atoms with van der Waals surface area (Å²) in [6.07, 6.45) is 7.01. The largest absolute Gasteiger partial charge is 0.337 e. The first kappa shape index (κ1) is 10.1. The van der Waals surface area contributed by atoms with Gasteiger partial charge in [0.2, 0.25) is 0 Å². The Morgan fingerprint density at radius 1 is 1.50 bits per heavy atom. The molecule has 0 aromatic carbocycles. The lowest BCUT2D eigenvalue weighted by atomic mass is 10.1. The normalized spacial score (nSPS) is 16.9. The van der Waals surface area contributed by atoms with Gasteiger partial charge in [-0.1, -0.05) is 0 Å². The van der Waals surface area contributed by atoms with Crippen LogP contribution in [0.15, 0.2) is 18.7 Å². The molecule has 1 fully saturated rings. The maximum atomic E-state index is 4.02. The fourth-order valence-electron chi connectivity index (χ4n) is 1.48. The average Bonchev–Trinajstić information content (AvgIpc) is 2.60. The first-order valence-electron chi connectivity index (χ1n) is 5.19. The summed E-state index contributed by atoms with van der Waals surface area (Å²) >= 11 is 2.09. The second-order valence-corrected chi connectivity index (χ2v) is 4.90. The van der Waals surface area contributed by atoms with Crippen molar-refractivity contribution in [1.82, 2.24) is 14.9 Å². The van der Waals surface area contributed by atoms with Gasteiger partial charge in [0, 0.05) is 18.9 Å². The number of hydrogen-bond donors (Lipinski definition) is 1. The van der Waals surface area contributed by atoms with E-state index in [4.69, 9.17) is 0 Å². The van der Waals surface area contributed by atoms with E-state index < -0.39 is 0 Å². The van der Waals surface area contributed by atoms with Crippen LogP contribution in [0.4, 0.5) is 0 Å². The number of nitrogens with one attached hydrogen (secondary N) is 1. The minimum Gasteiger partial charge on any atom is -0.337 e. The van der Waals surface area contributed by atoms with Crippen LogP contribution in [0.3, 0.4) is 0 Å². The van der Waals surface area contributed by atoms with Crippen LogP contribution in [0.5, 0.6) is 0 Å². The zero-order chi connectivity index (χ0) is 9.64. The molecule has 0 aliphatic carbocycles. The molecule has 2 rings (SSSR count). The molecular formula is C10H17N3S. The smallest absolute Gasteiger partial charge is 0.0945 e. The first-order chi connectivity index (χ1) is 6.95. The topological polar surface area (TPSA) is 29.9 Å². The summed E-state index contributed by atoms with van der Waals surface area (Å²) in [5.41, 5.74) is 0. The van der Waals surface area contributed by atoms with Crippen molar-refractivity contribution in [3.8, 4) is 0 Å². The second kappa shape index (κ2) is 5.41. The lowest BCUT2D eigenvalue weighted by Crippen LogP contribution is -2.43. The molecule has 3 nitrogen and oxygen atoms in total. The van der Waals surface area contributed by atoms with Gasteiger partial charge in [-0.05, 0) is 36.9 Å². The Labute approximate surface area is 89.3 Å². The zero-order valence-electron chi connectivity index (χ0n) is 8.35. The van der Waals surface area contributed by atoms with Crippen LogP contribution in [0.25, 0.3) is 0 Å². The summed E-state index contributed by atoms with van der Waals surface area (Å²) in [6.45, 7) is 3.57. The SMILES string of the molecule is c1cn(CCCSCC2CNC2)cn1. The highest BCUT2D eigenvalue weighted by atomic mass is 32.2. The molecule has 1 N–H and O–H groups in total. The second-order valence-electron chi connectivity index (χ2n) is 3.75. The molecule has 0 radical (unpaired) electrons. The van der Waals surface area contributed by atoms with Crippen LogP contribution in [0.2, 0.25) is 0 Å². The van der Waals surface area contributed by atoms with E-state index >= 15 is 0 Å². The van der Waals surface area contributed by atoms with Gasteiger partial charge in [-0.2, -0.15) is 11.8 Å². The standard InChI is InChI=1S/C10H17N3S/c1(3-13-4-2-11-9-13)5-14-8-10-6-12-7-10/h2,4,9-10,12H,1,3,5-8H2. The Morgan fingerprint density at radius 3 is 3.07 bits per heavy atom. The van der Waals surface area contributed by atoms with Gasteiger partial charge < -0.3 is 9.88 Å². The average molecular weight is 211 g/mol. The van der Waals surface area contributed by atoms with Crippen molar-refractivity contribution in [2.24, 2.45) is 5.92 Å². The van der Waals surface area contributed by atoms with E-state index in [9.17, 15) is 0 Å². The number of rotatable bonds is 6. The van der Waals surface area contributed by atoms with Crippen LogP contribution in [-0.2, 0) is 6.54 Å². The molecule has 0 spiro atoms. The van der Waals surface area contributed by atoms with E-state index in [1.54, 1.807) is 0 Å². The van der Waals surface area contributed by atoms with Gasteiger partial charge in [-0.25, -0.2) is 4.98 Å². The van der Waals surface area contributed by atoms with Crippen LogP contribution in [-0.4, -0.2) is 34.1 Å². The molecule has 1 aromatic heterocycles. The molecule has 0 bridgehead atoms. The van der Waals surface area contributed by atoms with Crippen molar-refractivity contribution in [3.63, 3.8) is 0 Å². The third-order valence-electron chi connectivity index (χ3n) is 2.48. The minimum absolute atomic E-state index is 0.938. The van der Waals surface area contributed by atoms with E-state index in [0.717, 1.165) is 12.5 Å². The summed E-state index contributed by atoms with van der Waals surface area (Å²) < 4.78 is 2.14. The van der Waals surface area contributed by atoms with Gasteiger partial charge >= 0.3 is 0 Å². The van der Waals surface area contributed by atoms with Crippen molar-refractivity contribution in [2.75, 3.05) is 24.6 Å². The van der Waals surface area contributed by atoms with Gasteiger partial charge in [0.25, 0.3) is 0 Å². The molecule has 1 aromatic rings. The highest BCUT2D eigenvalue weighted by molar-refractivity contribution is 7.99. The van der Waals surface area contributed by atoms with Crippen molar-refractivity contribution >= 4 is 11.8 Å². The summed E-state index contributed by atoms with van der Waals surface area (Å²) in [6, 6.07) is 0. The summed E-state index contributed by atoms with van der Waals surface area (Å²) in [5, 5.41) is 3.30. The van der Waals surface area contributed by atoms with Gasteiger partial charge in [0.1, 0.15) is 0 Å². The lowest BCUT2D eigenvalue weighted by Gasteiger charge is -2.26. The summed E-state index contributed by atoms with van der Waals surface area (Å²) in [7, 11) is 0. The molecule has 78 valence electrons. The number of thioether (sulfide) groups is 1. The number of hydrogen-bond acceptors (Lipinski definition) is 3. The van der Waals surface area contributed by atoms with Crippen LogP contribution in [0.1, 0.15) is 6.42 Å². The Bertz CT molecular complexity index is 244. The number of imidazole rings is 1. The molecule has 0 unspecified atom stereocenters. The van der Waals surface area contributed by atoms with E-state index in [-0.39, 0.29) is 0 Å². The first-order valence-corrected chi connectivity index (χ1v) is 6.35. The lowest BCUT2D eigenvalue weighted by molar-refractivity contribution is 0.385. The maximum absolute atomic E-state index is 4.02. The van der Waals surface area contributed by atoms with Crippen LogP contribution >= 0.6 is 11.8 Å². The number of aryl methyl sites for hydroxylation is 1.